The summed E-state index contributed by atoms with van der Waals surface area (Å²) in [7, 11) is 0. The molecule has 0 aromatic rings. The van der Waals surface area contributed by atoms with Crippen molar-refractivity contribution in [3.05, 3.63) is 24.4 Å². The third kappa shape index (κ3) is 3.39. The molecule has 5 heteroatoms. The van der Waals surface area contributed by atoms with Gasteiger partial charge in [-0.25, -0.2) is 0 Å². The van der Waals surface area contributed by atoms with Gasteiger partial charge in [-0.3, -0.25) is 20.1 Å². The zero-order valence-corrected chi connectivity index (χ0v) is 13.4. The number of hydrogen-bond donors (Lipinski definition) is 1. The molecule has 2 heterocycles. The fraction of sp³-hybridized carbons (Fsp3) is 0.643. The third-order valence-electron chi connectivity index (χ3n) is 3.87. The average molecular weight is 328 g/mol. The molecule has 0 spiro atoms. The van der Waals surface area contributed by atoms with E-state index in [1.54, 1.807) is 5.01 Å². The van der Waals surface area contributed by atoms with Gasteiger partial charge in [0, 0.05) is 11.7 Å². The number of carbonyl (C=O) groups excluding carboxylic acids is 1. The molecular formula is C14H22BrN3O. The van der Waals surface area contributed by atoms with E-state index in [0.29, 0.717) is 6.54 Å². The number of likely N-dealkylation sites (tertiary alicyclic amines) is 1. The van der Waals surface area contributed by atoms with Gasteiger partial charge in [0.15, 0.2) is 0 Å². The molecule has 0 bridgehead atoms. The normalized spacial score (nSPS) is 29.8. The highest BCUT2D eigenvalue weighted by molar-refractivity contribution is 9.10. The summed E-state index contributed by atoms with van der Waals surface area (Å²) in [5.74, 6) is 0.0283. The molecule has 1 amide bonds. The number of hydrazine groups is 1. The van der Waals surface area contributed by atoms with Crippen LogP contribution in [0.25, 0.3) is 0 Å². The molecule has 1 fully saturated rings. The lowest BCUT2D eigenvalue weighted by atomic mass is 10.0. The van der Waals surface area contributed by atoms with E-state index in [2.05, 4.69) is 40.1 Å². The molecule has 19 heavy (non-hydrogen) atoms. The van der Waals surface area contributed by atoms with Crippen molar-refractivity contribution in [1.82, 2.24) is 15.3 Å². The molecule has 0 aromatic carbocycles. The lowest BCUT2D eigenvalue weighted by molar-refractivity contribution is -0.127. The highest BCUT2D eigenvalue weighted by Crippen LogP contribution is 2.28. The molecule has 2 aliphatic rings. The van der Waals surface area contributed by atoms with Gasteiger partial charge in [-0.05, 0) is 52.3 Å². The molecule has 0 aromatic heterocycles. The van der Waals surface area contributed by atoms with Crippen LogP contribution in [0.5, 0.6) is 0 Å². The van der Waals surface area contributed by atoms with Crippen LogP contribution in [0.15, 0.2) is 24.4 Å². The first-order valence-electron chi connectivity index (χ1n) is 6.70. The summed E-state index contributed by atoms with van der Waals surface area (Å²) < 4.78 is -0.363. The second kappa shape index (κ2) is 5.29. The molecule has 2 aliphatic heterocycles. The van der Waals surface area contributed by atoms with E-state index in [1.165, 1.54) is 6.42 Å². The standard InChI is InChI=1S/C14H22BrN3O/c1-13(2)7-6-9-17(13)11-12(19)16-18-10-5-4-8-14(18,3)15/h4-5,8,10H,6-7,9,11H2,1-3H3,(H,16,19). The van der Waals surface area contributed by atoms with Crippen molar-refractivity contribution in [3.63, 3.8) is 0 Å². The molecule has 2 rings (SSSR count). The van der Waals surface area contributed by atoms with E-state index in [0.717, 1.165) is 13.0 Å². The quantitative estimate of drug-likeness (QED) is 0.638. The van der Waals surface area contributed by atoms with Crippen molar-refractivity contribution in [2.75, 3.05) is 13.1 Å². The number of hydrogen-bond acceptors (Lipinski definition) is 3. The fourth-order valence-corrected chi connectivity index (χ4v) is 2.90. The molecule has 106 valence electrons. The van der Waals surface area contributed by atoms with Crippen LogP contribution in [-0.2, 0) is 4.79 Å². The Morgan fingerprint density at radius 1 is 1.37 bits per heavy atom. The van der Waals surface area contributed by atoms with Crippen LogP contribution >= 0.6 is 15.9 Å². The maximum Gasteiger partial charge on any atom is 0.252 e. The lowest BCUT2D eigenvalue weighted by Gasteiger charge is -2.37. The van der Waals surface area contributed by atoms with Crippen LogP contribution in [0, 0.1) is 0 Å². The van der Waals surface area contributed by atoms with Gasteiger partial charge in [0.05, 0.1) is 6.54 Å². The van der Waals surface area contributed by atoms with Gasteiger partial charge in [0.2, 0.25) is 0 Å². The Bertz CT molecular complexity index is 415. The van der Waals surface area contributed by atoms with Crippen molar-refractivity contribution < 1.29 is 4.79 Å². The molecule has 0 radical (unpaired) electrons. The number of halogens is 1. The first kappa shape index (κ1) is 14.6. The average Bonchev–Trinajstić information content (AvgIpc) is 2.61. The van der Waals surface area contributed by atoms with Gasteiger partial charge in [0.25, 0.3) is 5.91 Å². The minimum absolute atomic E-state index is 0.0283. The summed E-state index contributed by atoms with van der Waals surface area (Å²) in [6, 6.07) is 0. The predicted octanol–water partition coefficient (Wildman–Crippen LogP) is 2.39. The SMILES string of the molecule is CC1(Br)C=CC=CN1NC(=O)CN1CCCC1(C)C. The highest BCUT2D eigenvalue weighted by Gasteiger charge is 2.34. The molecule has 0 saturated carbocycles. The lowest BCUT2D eigenvalue weighted by Crippen LogP contribution is -2.53. The molecule has 1 unspecified atom stereocenters. The number of rotatable bonds is 3. The zero-order valence-electron chi connectivity index (χ0n) is 11.8. The van der Waals surface area contributed by atoms with Crippen molar-refractivity contribution in [2.24, 2.45) is 0 Å². The van der Waals surface area contributed by atoms with Crippen LogP contribution in [0.1, 0.15) is 33.6 Å². The Balaban J connectivity index is 1.92. The second-order valence-corrected chi connectivity index (χ2v) is 7.57. The van der Waals surface area contributed by atoms with Crippen molar-refractivity contribution in [1.29, 1.82) is 0 Å². The monoisotopic (exact) mass is 327 g/mol. The van der Waals surface area contributed by atoms with Gasteiger partial charge >= 0.3 is 0 Å². The summed E-state index contributed by atoms with van der Waals surface area (Å²) in [4.78, 5) is 14.4. The van der Waals surface area contributed by atoms with E-state index in [1.807, 2.05) is 31.4 Å². The Labute approximate surface area is 123 Å². The zero-order chi connectivity index (χ0) is 14.1. The molecule has 1 saturated heterocycles. The van der Waals surface area contributed by atoms with E-state index >= 15 is 0 Å². The molecule has 4 nitrogen and oxygen atoms in total. The number of nitrogens with zero attached hydrogens (tertiary/aromatic N) is 2. The third-order valence-corrected chi connectivity index (χ3v) is 4.52. The van der Waals surface area contributed by atoms with Gasteiger partial charge in [0.1, 0.15) is 4.45 Å². The second-order valence-electron chi connectivity index (χ2n) is 5.97. The molecule has 1 atom stereocenters. The van der Waals surface area contributed by atoms with E-state index in [9.17, 15) is 4.79 Å². The Kier molecular flexibility index (Phi) is 4.06. The summed E-state index contributed by atoms with van der Waals surface area (Å²) in [5, 5.41) is 1.79. The Morgan fingerprint density at radius 2 is 2.11 bits per heavy atom. The van der Waals surface area contributed by atoms with Crippen LogP contribution in [0.4, 0.5) is 0 Å². The number of amides is 1. The largest absolute Gasteiger partial charge is 0.289 e. The van der Waals surface area contributed by atoms with Crippen LogP contribution in [0.3, 0.4) is 0 Å². The van der Waals surface area contributed by atoms with E-state index in [-0.39, 0.29) is 15.9 Å². The molecular weight excluding hydrogens is 306 g/mol. The van der Waals surface area contributed by atoms with Crippen molar-refractivity contribution in [2.45, 2.75) is 43.6 Å². The number of alkyl halides is 1. The maximum atomic E-state index is 12.2. The smallest absolute Gasteiger partial charge is 0.252 e. The van der Waals surface area contributed by atoms with E-state index in [4.69, 9.17) is 0 Å². The predicted molar refractivity (Wildman–Crippen MR) is 80.5 cm³/mol. The van der Waals surface area contributed by atoms with Crippen LogP contribution < -0.4 is 5.43 Å². The highest BCUT2D eigenvalue weighted by atomic mass is 79.9. The minimum atomic E-state index is -0.363. The van der Waals surface area contributed by atoms with Gasteiger partial charge < -0.3 is 0 Å². The summed E-state index contributed by atoms with van der Waals surface area (Å²) in [5.41, 5.74) is 3.07. The van der Waals surface area contributed by atoms with Gasteiger partial charge in [-0.1, -0.05) is 22.0 Å². The minimum Gasteiger partial charge on any atom is -0.289 e. The van der Waals surface area contributed by atoms with Crippen molar-refractivity contribution in [3.8, 4) is 0 Å². The first-order valence-corrected chi connectivity index (χ1v) is 7.49. The first-order chi connectivity index (χ1) is 8.81. The van der Waals surface area contributed by atoms with Gasteiger partial charge in [-0.2, -0.15) is 0 Å². The fourth-order valence-electron chi connectivity index (χ4n) is 2.54. The van der Waals surface area contributed by atoms with Gasteiger partial charge in [-0.15, -0.1) is 0 Å². The number of nitrogens with one attached hydrogen (secondary N) is 1. The van der Waals surface area contributed by atoms with Crippen LogP contribution in [-0.4, -0.2) is 38.9 Å². The summed E-state index contributed by atoms with van der Waals surface area (Å²) in [6.07, 6.45) is 10.0. The maximum absolute atomic E-state index is 12.2. The number of carbonyl (C=O) groups is 1. The number of allylic oxidation sites excluding steroid dienone is 2. The van der Waals surface area contributed by atoms with E-state index < -0.39 is 0 Å². The summed E-state index contributed by atoms with van der Waals surface area (Å²) >= 11 is 3.58. The molecule has 0 aliphatic carbocycles. The van der Waals surface area contributed by atoms with Crippen LogP contribution in [0.2, 0.25) is 0 Å². The van der Waals surface area contributed by atoms with Crippen molar-refractivity contribution >= 4 is 21.8 Å². The Morgan fingerprint density at radius 3 is 2.68 bits per heavy atom. The topological polar surface area (TPSA) is 35.6 Å². The summed E-state index contributed by atoms with van der Waals surface area (Å²) in [6.45, 7) is 7.84. The molecule has 1 N–H and O–H groups in total. The Hall–Kier alpha value is -0.810.